The summed E-state index contributed by atoms with van der Waals surface area (Å²) in [6, 6.07) is 2.11. The maximum absolute atomic E-state index is 5.08. The molecule has 1 rings (SSSR count). The molecule has 0 spiro atoms. The smallest absolute Gasteiger partial charge is 0.191 e. The van der Waals surface area contributed by atoms with Crippen LogP contribution in [0, 0.1) is 19.8 Å². The monoisotopic (exact) mass is 480 g/mol. The van der Waals surface area contributed by atoms with Crippen LogP contribution < -0.4 is 10.6 Å². The molecule has 0 saturated heterocycles. The van der Waals surface area contributed by atoms with Crippen molar-refractivity contribution in [1.82, 2.24) is 25.3 Å². The van der Waals surface area contributed by atoms with Crippen LogP contribution in [0.1, 0.15) is 24.7 Å². The Kier molecular flexibility index (Phi) is 13.7. The minimum atomic E-state index is 0. The highest BCUT2D eigenvalue weighted by atomic mass is 127. The fourth-order valence-electron chi connectivity index (χ4n) is 2.67. The Labute approximate surface area is 176 Å². The van der Waals surface area contributed by atoms with Gasteiger partial charge in [-0.15, -0.1) is 24.0 Å². The van der Waals surface area contributed by atoms with E-state index in [2.05, 4.69) is 57.3 Å². The van der Waals surface area contributed by atoms with Crippen LogP contribution in [0.5, 0.6) is 0 Å². The second-order valence-corrected chi connectivity index (χ2v) is 6.74. The molecule has 8 heteroatoms. The predicted octanol–water partition coefficient (Wildman–Crippen LogP) is 1.89. The standard InChI is InChI=1S/C18H36N6O.HI/c1-15(14-24-17(3)12-16(2)22-24)13-21-18(19-4)20-8-10-23(5)9-7-11-25-6;/h12,15H,7-11,13-14H2,1-6H3,(H2,19,20,21);1H. The normalized spacial score (nSPS) is 12.8. The zero-order valence-electron chi connectivity index (χ0n) is 17.2. The third kappa shape index (κ3) is 10.3. The largest absolute Gasteiger partial charge is 0.385 e. The number of rotatable bonds is 11. The fraction of sp³-hybridized carbons (Fsp3) is 0.778. The van der Waals surface area contributed by atoms with Gasteiger partial charge < -0.3 is 20.3 Å². The number of ether oxygens (including phenoxy) is 1. The number of likely N-dealkylation sites (N-methyl/N-ethyl adjacent to an activating group) is 1. The molecule has 0 amide bonds. The lowest BCUT2D eigenvalue weighted by atomic mass is 10.2. The molecule has 0 bridgehead atoms. The van der Waals surface area contributed by atoms with Gasteiger partial charge in [-0.25, -0.2) is 0 Å². The molecular formula is C18H37IN6O. The molecule has 1 aromatic heterocycles. The Balaban J connectivity index is 0.00000625. The summed E-state index contributed by atoms with van der Waals surface area (Å²) in [6.45, 7) is 11.8. The molecule has 2 N–H and O–H groups in total. The summed E-state index contributed by atoms with van der Waals surface area (Å²) in [4.78, 5) is 6.59. The quantitative estimate of drug-likeness (QED) is 0.219. The molecule has 0 aliphatic carbocycles. The zero-order valence-corrected chi connectivity index (χ0v) is 19.5. The minimum absolute atomic E-state index is 0. The van der Waals surface area contributed by atoms with E-state index in [1.807, 2.05) is 14.0 Å². The van der Waals surface area contributed by atoms with Crippen molar-refractivity contribution in [2.75, 3.05) is 54.0 Å². The highest BCUT2D eigenvalue weighted by molar-refractivity contribution is 14.0. The summed E-state index contributed by atoms with van der Waals surface area (Å²) in [6.07, 6.45) is 1.06. The molecule has 26 heavy (non-hydrogen) atoms. The molecule has 7 nitrogen and oxygen atoms in total. The Hall–Kier alpha value is -0.870. The maximum atomic E-state index is 5.08. The molecule has 0 aliphatic rings. The number of nitrogens with zero attached hydrogens (tertiary/aromatic N) is 4. The van der Waals surface area contributed by atoms with Gasteiger partial charge in [0.1, 0.15) is 0 Å². The van der Waals surface area contributed by atoms with E-state index < -0.39 is 0 Å². The number of aromatic nitrogens is 2. The van der Waals surface area contributed by atoms with E-state index in [9.17, 15) is 0 Å². The molecule has 1 heterocycles. The number of methoxy groups -OCH3 is 1. The van der Waals surface area contributed by atoms with Crippen LogP contribution in [0.2, 0.25) is 0 Å². The van der Waals surface area contributed by atoms with E-state index >= 15 is 0 Å². The highest BCUT2D eigenvalue weighted by Gasteiger charge is 2.08. The summed E-state index contributed by atoms with van der Waals surface area (Å²) >= 11 is 0. The number of hydrogen-bond acceptors (Lipinski definition) is 4. The molecule has 0 saturated carbocycles. The molecule has 0 radical (unpaired) electrons. The van der Waals surface area contributed by atoms with E-state index in [1.165, 1.54) is 5.69 Å². The molecule has 1 aromatic rings. The third-order valence-electron chi connectivity index (χ3n) is 4.10. The first-order valence-electron chi connectivity index (χ1n) is 9.09. The first kappa shape index (κ1) is 25.1. The molecule has 0 fully saturated rings. The van der Waals surface area contributed by atoms with Crippen molar-refractivity contribution >= 4 is 29.9 Å². The van der Waals surface area contributed by atoms with Gasteiger partial charge in [-0.1, -0.05) is 6.92 Å². The predicted molar refractivity (Wildman–Crippen MR) is 120 cm³/mol. The van der Waals surface area contributed by atoms with Crippen LogP contribution in [0.15, 0.2) is 11.1 Å². The van der Waals surface area contributed by atoms with E-state index in [0.29, 0.717) is 5.92 Å². The van der Waals surface area contributed by atoms with E-state index in [1.54, 1.807) is 7.11 Å². The van der Waals surface area contributed by atoms with Gasteiger partial charge >= 0.3 is 0 Å². The second-order valence-electron chi connectivity index (χ2n) is 6.74. The second kappa shape index (κ2) is 14.2. The van der Waals surface area contributed by atoms with E-state index in [-0.39, 0.29) is 24.0 Å². The third-order valence-corrected chi connectivity index (χ3v) is 4.10. The van der Waals surface area contributed by atoms with E-state index in [4.69, 9.17) is 4.74 Å². The average Bonchev–Trinajstić information content (AvgIpc) is 2.88. The zero-order chi connectivity index (χ0) is 18.7. The Morgan fingerprint density at radius 3 is 2.65 bits per heavy atom. The summed E-state index contributed by atoms with van der Waals surface area (Å²) in [5.41, 5.74) is 2.29. The van der Waals surface area contributed by atoms with Gasteiger partial charge in [0.2, 0.25) is 0 Å². The fourth-order valence-corrected chi connectivity index (χ4v) is 2.67. The van der Waals surface area contributed by atoms with Crippen LogP contribution in [0.4, 0.5) is 0 Å². The summed E-state index contributed by atoms with van der Waals surface area (Å²) in [5, 5.41) is 11.3. The van der Waals surface area contributed by atoms with Gasteiger partial charge in [-0.05, 0) is 39.3 Å². The highest BCUT2D eigenvalue weighted by Crippen LogP contribution is 2.05. The lowest BCUT2D eigenvalue weighted by molar-refractivity contribution is 0.180. The Bertz CT molecular complexity index is 520. The number of aryl methyl sites for hydroxylation is 2. The summed E-state index contributed by atoms with van der Waals surface area (Å²) in [7, 11) is 5.68. The summed E-state index contributed by atoms with van der Waals surface area (Å²) < 4.78 is 7.16. The van der Waals surface area contributed by atoms with Crippen molar-refractivity contribution in [2.45, 2.75) is 33.7 Å². The van der Waals surface area contributed by atoms with Crippen molar-refractivity contribution in [3.63, 3.8) is 0 Å². The van der Waals surface area contributed by atoms with Gasteiger partial charge in [-0.2, -0.15) is 5.10 Å². The average molecular weight is 480 g/mol. The number of hydrogen-bond donors (Lipinski definition) is 2. The minimum Gasteiger partial charge on any atom is -0.385 e. The molecule has 152 valence electrons. The Morgan fingerprint density at radius 2 is 2.08 bits per heavy atom. The molecule has 1 atom stereocenters. The van der Waals surface area contributed by atoms with Gasteiger partial charge in [0.15, 0.2) is 5.96 Å². The molecule has 1 unspecified atom stereocenters. The van der Waals surface area contributed by atoms with Crippen molar-refractivity contribution in [3.05, 3.63) is 17.5 Å². The maximum Gasteiger partial charge on any atom is 0.191 e. The topological polar surface area (TPSA) is 66.7 Å². The lowest BCUT2D eigenvalue weighted by Gasteiger charge is -2.19. The van der Waals surface area contributed by atoms with Crippen LogP contribution in [0.25, 0.3) is 0 Å². The Morgan fingerprint density at radius 1 is 1.35 bits per heavy atom. The van der Waals surface area contributed by atoms with Crippen LogP contribution >= 0.6 is 24.0 Å². The first-order valence-corrected chi connectivity index (χ1v) is 9.09. The van der Waals surface area contributed by atoms with Gasteiger partial charge in [0, 0.05) is 59.2 Å². The van der Waals surface area contributed by atoms with Gasteiger partial charge in [0.25, 0.3) is 0 Å². The number of halogens is 1. The van der Waals surface area contributed by atoms with Gasteiger partial charge in [-0.3, -0.25) is 9.67 Å². The van der Waals surface area contributed by atoms with Crippen molar-refractivity contribution < 1.29 is 4.74 Å². The van der Waals surface area contributed by atoms with Crippen molar-refractivity contribution in [3.8, 4) is 0 Å². The number of aliphatic imine (C=N–C) groups is 1. The first-order chi connectivity index (χ1) is 12.0. The summed E-state index contributed by atoms with van der Waals surface area (Å²) in [5.74, 6) is 1.32. The molecule has 0 aromatic carbocycles. The van der Waals surface area contributed by atoms with Crippen LogP contribution in [-0.4, -0.2) is 74.6 Å². The SMILES string of the molecule is CN=C(NCCN(C)CCCOC)NCC(C)Cn1nc(C)cc1C.I. The molecular weight excluding hydrogens is 443 g/mol. The van der Waals surface area contributed by atoms with Crippen molar-refractivity contribution in [2.24, 2.45) is 10.9 Å². The number of guanidine groups is 1. The van der Waals surface area contributed by atoms with Gasteiger partial charge in [0.05, 0.1) is 5.69 Å². The number of nitrogens with one attached hydrogen (secondary N) is 2. The van der Waals surface area contributed by atoms with Crippen molar-refractivity contribution in [1.29, 1.82) is 0 Å². The molecule has 0 aliphatic heterocycles. The van der Waals surface area contributed by atoms with Crippen LogP contribution in [-0.2, 0) is 11.3 Å². The lowest BCUT2D eigenvalue weighted by Crippen LogP contribution is -2.43. The van der Waals surface area contributed by atoms with E-state index in [0.717, 1.165) is 57.4 Å². The van der Waals surface area contributed by atoms with Crippen LogP contribution in [0.3, 0.4) is 0 Å².